The molecule has 0 aliphatic carbocycles. The van der Waals surface area contributed by atoms with Crippen LogP contribution in [-0.4, -0.2) is 38.5 Å². The number of aryl methyl sites for hydroxylation is 2. The largest absolute Gasteiger partial charge is 0.481 e. The van der Waals surface area contributed by atoms with Crippen molar-refractivity contribution < 1.29 is 9.90 Å². The summed E-state index contributed by atoms with van der Waals surface area (Å²) in [6, 6.07) is 7.60. The summed E-state index contributed by atoms with van der Waals surface area (Å²) in [4.78, 5) is 24.3. The summed E-state index contributed by atoms with van der Waals surface area (Å²) >= 11 is 0. The van der Waals surface area contributed by atoms with Crippen molar-refractivity contribution in [3.63, 3.8) is 0 Å². The third-order valence-electron chi connectivity index (χ3n) is 5.87. The van der Waals surface area contributed by atoms with Crippen LogP contribution >= 0.6 is 0 Å². The van der Waals surface area contributed by atoms with Crippen LogP contribution < -0.4 is 11.0 Å². The maximum Gasteiger partial charge on any atom is 0.350 e. The van der Waals surface area contributed by atoms with Crippen LogP contribution in [0.25, 0.3) is 5.69 Å². The van der Waals surface area contributed by atoms with Crippen molar-refractivity contribution in [3.8, 4) is 5.69 Å². The number of nitrogens with zero attached hydrogens (tertiary/aromatic N) is 3. The zero-order valence-corrected chi connectivity index (χ0v) is 17.4. The van der Waals surface area contributed by atoms with Gasteiger partial charge in [-0.15, -0.1) is 0 Å². The van der Waals surface area contributed by atoms with Crippen LogP contribution in [-0.2, 0) is 17.8 Å². The number of hydrogen-bond acceptors (Lipinski definition) is 4. The fourth-order valence-corrected chi connectivity index (χ4v) is 4.16. The third kappa shape index (κ3) is 5.35. The molecule has 158 valence electrons. The fourth-order valence-electron chi connectivity index (χ4n) is 4.16. The van der Waals surface area contributed by atoms with Gasteiger partial charge in [0.1, 0.15) is 5.82 Å². The lowest BCUT2D eigenvalue weighted by Gasteiger charge is -2.22. The zero-order chi connectivity index (χ0) is 20.8. The summed E-state index contributed by atoms with van der Waals surface area (Å²) < 4.78 is 3.21. The van der Waals surface area contributed by atoms with E-state index in [0.29, 0.717) is 31.1 Å². The van der Waals surface area contributed by atoms with E-state index in [4.69, 9.17) is 0 Å². The average molecular weight is 401 g/mol. The van der Waals surface area contributed by atoms with Gasteiger partial charge in [0.25, 0.3) is 0 Å². The molecular formula is C22H32N4O3. The van der Waals surface area contributed by atoms with Gasteiger partial charge in [-0.05, 0) is 75.7 Å². The van der Waals surface area contributed by atoms with Crippen molar-refractivity contribution in [2.75, 3.05) is 13.1 Å². The number of benzene rings is 1. The summed E-state index contributed by atoms with van der Waals surface area (Å²) in [5.41, 5.74) is 1.63. The summed E-state index contributed by atoms with van der Waals surface area (Å²) in [5.74, 6) is 0.201. The maximum absolute atomic E-state index is 12.9. The number of rotatable bonds is 9. The van der Waals surface area contributed by atoms with Crippen LogP contribution in [0.4, 0.5) is 0 Å². The van der Waals surface area contributed by atoms with E-state index in [0.717, 1.165) is 50.0 Å². The van der Waals surface area contributed by atoms with E-state index >= 15 is 0 Å². The normalized spacial score (nSPS) is 16.1. The Morgan fingerprint density at radius 2 is 1.97 bits per heavy atom. The molecule has 1 fully saturated rings. The molecule has 2 N–H and O–H groups in total. The van der Waals surface area contributed by atoms with Gasteiger partial charge in [0, 0.05) is 6.54 Å². The predicted molar refractivity (Wildman–Crippen MR) is 113 cm³/mol. The van der Waals surface area contributed by atoms with E-state index in [1.165, 1.54) is 0 Å². The van der Waals surface area contributed by atoms with Crippen LogP contribution in [0.2, 0.25) is 0 Å². The van der Waals surface area contributed by atoms with Crippen LogP contribution in [0.3, 0.4) is 0 Å². The van der Waals surface area contributed by atoms with Crippen molar-refractivity contribution >= 4 is 5.97 Å². The first-order valence-electron chi connectivity index (χ1n) is 10.7. The Morgan fingerprint density at radius 3 is 2.59 bits per heavy atom. The van der Waals surface area contributed by atoms with Gasteiger partial charge in [-0.25, -0.2) is 14.0 Å². The second-order valence-electron chi connectivity index (χ2n) is 8.06. The van der Waals surface area contributed by atoms with Crippen LogP contribution in [0.1, 0.15) is 50.4 Å². The maximum atomic E-state index is 12.9. The quantitative estimate of drug-likeness (QED) is 0.676. The summed E-state index contributed by atoms with van der Waals surface area (Å²) in [5, 5.41) is 17.2. The summed E-state index contributed by atoms with van der Waals surface area (Å²) in [7, 11) is 0. The fraction of sp³-hybridized carbons (Fsp3) is 0.591. The van der Waals surface area contributed by atoms with Crippen molar-refractivity contribution in [1.29, 1.82) is 0 Å². The molecular weight excluding hydrogens is 368 g/mol. The predicted octanol–water partition coefficient (Wildman–Crippen LogP) is 2.78. The Bertz CT molecular complexity index is 863. The molecule has 1 atom stereocenters. The van der Waals surface area contributed by atoms with Gasteiger partial charge in [-0.3, -0.25) is 4.79 Å². The number of nitrogens with one attached hydrogen (secondary N) is 1. The molecule has 1 aliphatic heterocycles. The van der Waals surface area contributed by atoms with Gasteiger partial charge in [-0.1, -0.05) is 25.5 Å². The highest BCUT2D eigenvalue weighted by Gasteiger charge is 2.18. The van der Waals surface area contributed by atoms with Gasteiger partial charge in [0.15, 0.2) is 0 Å². The van der Waals surface area contributed by atoms with E-state index in [9.17, 15) is 14.7 Å². The van der Waals surface area contributed by atoms with Crippen LogP contribution in [0.15, 0.2) is 29.1 Å². The Balaban J connectivity index is 1.70. The highest BCUT2D eigenvalue weighted by atomic mass is 16.4. The molecule has 0 amide bonds. The minimum atomic E-state index is -0.752. The second kappa shape index (κ2) is 9.87. The molecule has 0 spiro atoms. The lowest BCUT2D eigenvalue weighted by Crippen LogP contribution is -2.30. The Labute approximate surface area is 171 Å². The molecule has 1 aromatic heterocycles. The van der Waals surface area contributed by atoms with Gasteiger partial charge in [0.05, 0.1) is 11.6 Å². The average Bonchev–Trinajstić information content (AvgIpc) is 3.00. The molecule has 1 unspecified atom stereocenters. The minimum Gasteiger partial charge on any atom is -0.481 e. The van der Waals surface area contributed by atoms with Crippen molar-refractivity contribution in [1.82, 2.24) is 19.7 Å². The van der Waals surface area contributed by atoms with Gasteiger partial charge >= 0.3 is 11.7 Å². The highest BCUT2D eigenvalue weighted by molar-refractivity contribution is 5.70. The molecule has 2 heterocycles. The summed E-state index contributed by atoms with van der Waals surface area (Å²) in [6.45, 7) is 6.60. The number of aromatic nitrogens is 3. The number of aliphatic carboxylic acids is 1. The smallest absolute Gasteiger partial charge is 0.350 e. The topological polar surface area (TPSA) is 89.2 Å². The summed E-state index contributed by atoms with van der Waals surface area (Å²) in [6.07, 6.45) is 5.31. The van der Waals surface area contributed by atoms with E-state index in [1.807, 2.05) is 38.1 Å². The molecule has 0 bridgehead atoms. The zero-order valence-electron chi connectivity index (χ0n) is 17.4. The molecule has 1 aromatic carbocycles. The van der Waals surface area contributed by atoms with Gasteiger partial charge < -0.3 is 10.4 Å². The first kappa shape index (κ1) is 21.3. The molecule has 1 aliphatic rings. The van der Waals surface area contributed by atoms with Crippen molar-refractivity contribution in [3.05, 3.63) is 46.1 Å². The Kier molecular flexibility index (Phi) is 7.25. The van der Waals surface area contributed by atoms with E-state index in [1.54, 1.807) is 9.25 Å². The third-order valence-corrected chi connectivity index (χ3v) is 5.87. The van der Waals surface area contributed by atoms with Gasteiger partial charge in [0.2, 0.25) is 0 Å². The van der Waals surface area contributed by atoms with E-state index in [-0.39, 0.29) is 11.6 Å². The lowest BCUT2D eigenvalue weighted by molar-refractivity contribution is -0.141. The molecule has 3 rings (SSSR count). The molecule has 2 aromatic rings. The second-order valence-corrected chi connectivity index (χ2v) is 8.06. The molecule has 29 heavy (non-hydrogen) atoms. The SMILES string of the molecule is CCCC(Cc1ccc(-n2c(C)nn(CCC3CCNCC3)c2=O)cc1)C(=O)O. The van der Waals surface area contributed by atoms with Crippen molar-refractivity contribution in [2.24, 2.45) is 11.8 Å². The Hall–Kier alpha value is -2.41. The first-order chi connectivity index (χ1) is 14.0. The van der Waals surface area contributed by atoms with Crippen LogP contribution in [0.5, 0.6) is 0 Å². The highest BCUT2D eigenvalue weighted by Crippen LogP contribution is 2.18. The van der Waals surface area contributed by atoms with Crippen molar-refractivity contribution in [2.45, 2.75) is 58.9 Å². The first-order valence-corrected chi connectivity index (χ1v) is 10.7. The molecule has 1 saturated heterocycles. The number of carbonyl (C=O) groups is 1. The van der Waals surface area contributed by atoms with E-state index in [2.05, 4.69) is 10.4 Å². The monoisotopic (exact) mass is 400 g/mol. The lowest BCUT2D eigenvalue weighted by atomic mass is 9.95. The van der Waals surface area contributed by atoms with Gasteiger partial charge in [-0.2, -0.15) is 5.10 Å². The van der Waals surface area contributed by atoms with E-state index < -0.39 is 5.97 Å². The molecule has 7 nitrogen and oxygen atoms in total. The molecule has 0 saturated carbocycles. The number of carboxylic acids is 1. The Morgan fingerprint density at radius 1 is 1.28 bits per heavy atom. The standard InChI is InChI=1S/C22H32N4O3/c1-3-4-19(21(27)28)15-18-5-7-20(8-6-18)26-16(2)24-25(22(26)29)14-11-17-9-12-23-13-10-17/h5-8,17,19,23H,3-4,9-15H2,1-2H3,(H,27,28). The molecule has 0 radical (unpaired) electrons. The minimum absolute atomic E-state index is 0.112. The number of carboxylic acid groups (broad SMARTS) is 1. The number of piperidine rings is 1. The number of hydrogen-bond donors (Lipinski definition) is 2. The molecule has 7 heteroatoms. The van der Waals surface area contributed by atoms with Crippen LogP contribution in [0, 0.1) is 18.8 Å².